The molecule has 1 saturated heterocycles. The Labute approximate surface area is 127 Å². The molecule has 2 aromatic rings. The number of rotatable bonds is 2. The zero-order valence-corrected chi connectivity index (χ0v) is 12.1. The second-order valence-electron chi connectivity index (χ2n) is 5.57. The lowest BCUT2D eigenvalue weighted by Gasteiger charge is -2.31. The standard InChI is InChI=1S/C16H18N2O4/c19-10-11-2-1-7-18(9-11)16(21)17-13-4-5-14-12(8-13)3-6-15(20)22-14/h3-6,8,11,19H,1-2,7,9-10H2,(H,17,21). The zero-order valence-electron chi connectivity index (χ0n) is 12.1. The van der Waals surface area contributed by atoms with Crippen LogP contribution in [0.3, 0.4) is 0 Å². The van der Waals surface area contributed by atoms with Crippen LogP contribution in [-0.2, 0) is 0 Å². The number of aliphatic hydroxyl groups excluding tert-OH is 1. The average Bonchev–Trinajstić information content (AvgIpc) is 2.55. The molecule has 1 fully saturated rings. The molecule has 1 aromatic carbocycles. The maximum Gasteiger partial charge on any atom is 0.336 e. The van der Waals surface area contributed by atoms with Crippen molar-refractivity contribution in [2.75, 3.05) is 25.0 Å². The summed E-state index contributed by atoms with van der Waals surface area (Å²) in [5.74, 6) is 0.158. The van der Waals surface area contributed by atoms with Gasteiger partial charge in [-0.15, -0.1) is 0 Å². The quantitative estimate of drug-likeness (QED) is 0.832. The molecule has 3 rings (SSSR count). The first-order valence-electron chi connectivity index (χ1n) is 7.36. The highest BCUT2D eigenvalue weighted by Crippen LogP contribution is 2.20. The number of nitrogens with one attached hydrogen (secondary N) is 1. The molecule has 1 aliphatic heterocycles. The fraction of sp³-hybridized carbons (Fsp3) is 0.375. The van der Waals surface area contributed by atoms with Crippen LogP contribution >= 0.6 is 0 Å². The molecule has 1 unspecified atom stereocenters. The van der Waals surface area contributed by atoms with Crippen molar-refractivity contribution in [1.29, 1.82) is 0 Å². The average molecular weight is 302 g/mol. The number of urea groups is 1. The van der Waals surface area contributed by atoms with E-state index in [-0.39, 0.29) is 18.6 Å². The predicted octanol–water partition coefficient (Wildman–Crippen LogP) is 2.03. The van der Waals surface area contributed by atoms with E-state index in [4.69, 9.17) is 4.42 Å². The lowest BCUT2D eigenvalue weighted by molar-refractivity contribution is 0.136. The highest BCUT2D eigenvalue weighted by Gasteiger charge is 2.23. The van der Waals surface area contributed by atoms with E-state index in [9.17, 15) is 14.7 Å². The summed E-state index contributed by atoms with van der Waals surface area (Å²) in [5, 5.41) is 12.8. The van der Waals surface area contributed by atoms with E-state index in [0.717, 1.165) is 18.2 Å². The van der Waals surface area contributed by atoms with Crippen LogP contribution < -0.4 is 10.9 Å². The molecule has 22 heavy (non-hydrogen) atoms. The van der Waals surface area contributed by atoms with Crippen LogP contribution in [0.4, 0.5) is 10.5 Å². The van der Waals surface area contributed by atoms with Crippen molar-refractivity contribution in [1.82, 2.24) is 4.90 Å². The maximum atomic E-state index is 12.3. The van der Waals surface area contributed by atoms with Crippen molar-refractivity contribution in [3.05, 3.63) is 40.8 Å². The topological polar surface area (TPSA) is 82.8 Å². The molecule has 2 heterocycles. The number of anilines is 1. The number of hydrogen-bond donors (Lipinski definition) is 2. The van der Waals surface area contributed by atoms with E-state index in [1.807, 2.05) is 0 Å². The Hall–Kier alpha value is -2.34. The normalized spacial score (nSPS) is 18.4. The molecule has 0 bridgehead atoms. The molecular weight excluding hydrogens is 284 g/mol. The van der Waals surface area contributed by atoms with Crippen LogP contribution in [0.2, 0.25) is 0 Å². The Morgan fingerprint density at radius 2 is 2.23 bits per heavy atom. The third-order valence-corrected chi connectivity index (χ3v) is 3.93. The molecule has 1 aliphatic rings. The van der Waals surface area contributed by atoms with Gasteiger partial charge >= 0.3 is 11.7 Å². The zero-order chi connectivity index (χ0) is 15.5. The Balaban J connectivity index is 1.73. The van der Waals surface area contributed by atoms with Crippen molar-refractivity contribution < 1.29 is 14.3 Å². The van der Waals surface area contributed by atoms with Gasteiger partial charge in [-0.2, -0.15) is 0 Å². The molecular formula is C16H18N2O4. The second-order valence-corrected chi connectivity index (χ2v) is 5.57. The molecule has 0 spiro atoms. The first-order valence-corrected chi connectivity index (χ1v) is 7.36. The summed E-state index contributed by atoms with van der Waals surface area (Å²) in [6.45, 7) is 1.38. The molecule has 6 nitrogen and oxygen atoms in total. The highest BCUT2D eigenvalue weighted by molar-refractivity contribution is 5.92. The summed E-state index contributed by atoms with van der Waals surface area (Å²) in [5.41, 5.74) is 0.744. The van der Waals surface area contributed by atoms with Gasteiger partial charge in [-0.1, -0.05) is 0 Å². The summed E-state index contributed by atoms with van der Waals surface area (Å²) in [6, 6.07) is 7.98. The van der Waals surface area contributed by atoms with E-state index in [0.29, 0.717) is 24.4 Å². The van der Waals surface area contributed by atoms with E-state index >= 15 is 0 Å². The lowest BCUT2D eigenvalue weighted by atomic mass is 9.99. The van der Waals surface area contributed by atoms with E-state index in [2.05, 4.69) is 5.32 Å². The van der Waals surface area contributed by atoms with Gasteiger partial charge in [-0.25, -0.2) is 9.59 Å². The highest BCUT2D eigenvalue weighted by atomic mass is 16.4. The van der Waals surface area contributed by atoms with Crippen molar-refractivity contribution >= 4 is 22.7 Å². The number of aliphatic hydroxyl groups is 1. The third kappa shape index (κ3) is 3.12. The number of amides is 2. The van der Waals surface area contributed by atoms with E-state index in [1.165, 1.54) is 6.07 Å². The number of carbonyl (C=O) groups is 1. The van der Waals surface area contributed by atoms with Gasteiger partial charge in [0.05, 0.1) is 0 Å². The van der Waals surface area contributed by atoms with Gasteiger partial charge in [-0.3, -0.25) is 0 Å². The summed E-state index contributed by atoms with van der Waals surface area (Å²) in [6.07, 6.45) is 1.86. The summed E-state index contributed by atoms with van der Waals surface area (Å²) in [4.78, 5) is 25.1. The monoisotopic (exact) mass is 302 g/mol. The first kappa shape index (κ1) is 14.6. The van der Waals surface area contributed by atoms with Gasteiger partial charge in [0.25, 0.3) is 0 Å². The smallest absolute Gasteiger partial charge is 0.336 e. The van der Waals surface area contributed by atoms with Crippen LogP contribution in [0.25, 0.3) is 11.0 Å². The maximum absolute atomic E-state index is 12.3. The Morgan fingerprint density at radius 1 is 1.36 bits per heavy atom. The lowest BCUT2D eigenvalue weighted by Crippen LogP contribution is -2.43. The van der Waals surface area contributed by atoms with Crippen LogP contribution in [0.15, 0.2) is 39.5 Å². The Kier molecular flexibility index (Phi) is 4.11. The van der Waals surface area contributed by atoms with Gasteiger partial charge in [0.15, 0.2) is 0 Å². The molecule has 6 heteroatoms. The molecule has 2 amide bonds. The fourth-order valence-corrected chi connectivity index (χ4v) is 2.75. The van der Waals surface area contributed by atoms with Gasteiger partial charge in [0, 0.05) is 36.8 Å². The van der Waals surface area contributed by atoms with Crippen molar-refractivity contribution in [3.63, 3.8) is 0 Å². The largest absolute Gasteiger partial charge is 0.423 e. The minimum atomic E-state index is -0.396. The van der Waals surface area contributed by atoms with Gasteiger partial charge in [-0.05, 0) is 43.0 Å². The van der Waals surface area contributed by atoms with Crippen LogP contribution in [0.5, 0.6) is 0 Å². The summed E-state index contributed by atoms with van der Waals surface area (Å²) in [7, 11) is 0. The van der Waals surface area contributed by atoms with Crippen molar-refractivity contribution in [2.24, 2.45) is 5.92 Å². The van der Waals surface area contributed by atoms with Gasteiger partial charge in [0.1, 0.15) is 5.58 Å². The van der Waals surface area contributed by atoms with Crippen LogP contribution in [0.1, 0.15) is 12.8 Å². The number of hydrogen-bond acceptors (Lipinski definition) is 4. The Morgan fingerprint density at radius 3 is 3.05 bits per heavy atom. The van der Waals surface area contributed by atoms with Crippen molar-refractivity contribution in [2.45, 2.75) is 12.8 Å². The summed E-state index contributed by atoms with van der Waals surface area (Å²) >= 11 is 0. The number of fused-ring (bicyclic) bond motifs is 1. The molecule has 1 atom stereocenters. The van der Waals surface area contributed by atoms with Crippen molar-refractivity contribution in [3.8, 4) is 0 Å². The Bertz CT molecular complexity index is 740. The van der Waals surface area contributed by atoms with E-state index < -0.39 is 5.63 Å². The van der Waals surface area contributed by atoms with E-state index in [1.54, 1.807) is 29.2 Å². The second kappa shape index (κ2) is 6.19. The molecule has 0 radical (unpaired) electrons. The molecule has 2 N–H and O–H groups in total. The van der Waals surface area contributed by atoms with Crippen LogP contribution in [-0.4, -0.2) is 35.7 Å². The predicted molar refractivity (Wildman–Crippen MR) is 82.9 cm³/mol. The van der Waals surface area contributed by atoms with Crippen LogP contribution in [0, 0.1) is 5.92 Å². The minimum Gasteiger partial charge on any atom is -0.423 e. The number of piperidine rings is 1. The fourth-order valence-electron chi connectivity index (χ4n) is 2.75. The molecule has 0 saturated carbocycles. The van der Waals surface area contributed by atoms with Gasteiger partial charge in [0.2, 0.25) is 0 Å². The summed E-state index contributed by atoms with van der Waals surface area (Å²) < 4.78 is 5.06. The molecule has 1 aromatic heterocycles. The number of nitrogens with zero attached hydrogens (tertiary/aromatic N) is 1. The molecule has 116 valence electrons. The number of benzene rings is 1. The first-order chi connectivity index (χ1) is 10.7. The molecule has 0 aliphatic carbocycles. The SMILES string of the molecule is O=C(Nc1ccc2oc(=O)ccc2c1)N1CCCC(CO)C1. The minimum absolute atomic E-state index is 0.110. The number of carbonyl (C=O) groups excluding carboxylic acids is 1. The number of likely N-dealkylation sites (tertiary alicyclic amines) is 1. The third-order valence-electron chi connectivity index (χ3n) is 3.93. The van der Waals surface area contributed by atoms with Gasteiger partial charge < -0.3 is 19.7 Å².